The van der Waals surface area contributed by atoms with Crippen LogP contribution in [-0.2, 0) is 16.0 Å². The van der Waals surface area contributed by atoms with Crippen molar-refractivity contribution in [1.29, 1.82) is 0 Å². The number of aromatic nitrogens is 1. The highest BCUT2D eigenvalue weighted by Gasteiger charge is 2.03. The molecule has 0 atom stereocenters. The van der Waals surface area contributed by atoms with E-state index < -0.39 is 0 Å². The van der Waals surface area contributed by atoms with Gasteiger partial charge in [0.15, 0.2) is 0 Å². The highest BCUT2D eigenvalue weighted by atomic mass is 16.5. The summed E-state index contributed by atoms with van der Waals surface area (Å²) in [5, 5.41) is 3.37. The van der Waals surface area contributed by atoms with Gasteiger partial charge in [-0.05, 0) is 19.0 Å². The highest BCUT2D eigenvalue weighted by molar-refractivity contribution is 5.29. The Balaban J connectivity index is 2.21. The summed E-state index contributed by atoms with van der Waals surface area (Å²) in [6.07, 6.45) is 5.55. The number of ether oxygens (including phenoxy) is 3. The Labute approximate surface area is 121 Å². The molecule has 1 aromatic rings. The van der Waals surface area contributed by atoms with Crippen molar-refractivity contribution in [3.63, 3.8) is 0 Å². The predicted molar refractivity (Wildman–Crippen MR) is 79.0 cm³/mol. The van der Waals surface area contributed by atoms with Crippen LogP contribution in [-0.4, -0.2) is 45.1 Å². The van der Waals surface area contributed by atoms with Crippen LogP contribution in [0.2, 0.25) is 0 Å². The fourth-order valence-corrected chi connectivity index (χ4v) is 1.67. The number of methoxy groups -OCH3 is 1. The minimum absolute atomic E-state index is 0.635. The fraction of sp³-hybridized carbons (Fsp3) is 0.667. The van der Waals surface area contributed by atoms with Crippen LogP contribution in [0.5, 0.6) is 5.75 Å². The maximum Gasteiger partial charge on any atom is 0.142 e. The minimum atomic E-state index is 0.635. The summed E-state index contributed by atoms with van der Waals surface area (Å²) >= 11 is 0. The molecule has 0 saturated carbocycles. The minimum Gasteiger partial charge on any atom is -0.492 e. The third-order valence-corrected chi connectivity index (χ3v) is 2.73. The summed E-state index contributed by atoms with van der Waals surface area (Å²) in [7, 11) is 1.67. The van der Waals surface area contributed by atoms with Gasteiger partial charge in [0, 0.05) is 38.4 Å². The van der Waals surface area contributed by atoms with Crippen LogP contribution >= 0.6 is 0 Å². The van der Waals surface area contributed by atoms with Crippen LogP contribution < -0.4 is 10.1 Å². The first-order valence-electron chi connectivity index (χ1n) is 7.21. The molecule has 20 heavy (non-hydrogen) atoms. The number of nitrogens with one attached hydrogen (secondary N) is 1. The van der Waals surface area contributed by atoms with Gasteiger partial charge in [0.25, 0.3) is 0 Å². The Morgan fingerprint density at radius 2 is 2.10 bits per heavy atom. The average molecular weight is 282 g/mol. The maximum absolute atomic E-state index is 5.76. The molecule has 0 fully saturated rings. The van der Waals surface area contributed by atoms with Crippen molar-refractivity contribution in [3.05, 3.63) is 24.0 Å². The lowest BCUT2D eigenvalue weighted by molar-refractivity contribution is 0.0643. The van der Waals surface area contributed by atoms with E-state index in [-0.39, 0.29) is 0 Å². The molecule has 0 amide bonds. The van der Waals surface area contributed by atoms with Crippen LogP contribution in [0.4, 0.5) is 0 Å². The highest BCUT2D eigenvalue weighted by Crippen LogP contribution is 2.16. The molecule has 5 heteroatoms. The average Bonchev–Trinajstić information content (AvgIpc) is 2.48. The molecule has 114 valence electrons. The third kappa shape index (κ3) is 7.43. The smallest absolute Gasteiger partial charge is 0.142 e. The molecule has 1 N–H and O–H groups in total. The lowest BCUT2D eigenvalue weighted by Crippen LogP contribution is -2.15. The van der Waals surface area contributed by atoms with Crippen molar-refractivity contribution in [1.82, 2.24) is 10.3 Å². The van der Waals surface area contributed by atoms with E-state index in [1.54, 1.807) is 19.5 Å². The summed E-state index contributed by atoms with van der Waals surface area (Å²) in [5.41, 5.74) is 1.15. The second kappa shape index (κ2) is 11.6. The van der Waals surface area contributed by atoms with Gasteiger partial charge < -0.3 is 19.5 Å². The van der Waals surface area contributed by atoms with E-state index in [9.17, 15) is 0 Å². The number of rotatable bonds is 12. The second-order valence-electron chi connectivity index (χ2n) is 4.47. The van der Waals surface area contributed by atoms with Crippen molar-refractivity contribution in [2.45, 2.75) is 26.3 Å². The maximum atomic E-state index is 5.76. The van der Waals surface area contributed by atoms with E-state index in [4.69, 9.17) is 14.2 Å². The summed E-state index contributed by atoms with van der Waals surface area (Å²) in [6, 6.07) is 1.99. The van der Waals surface area contributed by atoms with Gasteiger partial charge in [-0.15, -0.1) is 0 Å². The number of nitrogens with zero attached hydrogens (tertiary/aromatic N) is 1. The molecule has 0 radical (unpaired) electrons. The zero-order valence-electron chi connectivity index (χ0n) is 12.6. The van der Waals surface area contributed by atoms with Crippen molar-refractivity contribution in [2.75, 3.05) is 40.1 Å². The molecule has 0 aromatic carbocycles. The zero-order valence-corrected chi connectivity index (χ0v) is 12.6. The zero-order chi connectivity index (χ0) is 14.5. The Kier molecular flexibility index (Phi) is 9.83. The summed E-state index contributed by atoms with van der Waals surface area (Å²) in [5.74, 6) is 0.855. The molecule has 5 nitrogen and oxygen atoms in total. The van der Waals surface area contributed by atoms with Crippen molar-refractivity contribution < 1.29 is 14.2 Å². The van der Waals surface area contributed by atoms with Gasteiger partial charge in [0.2, 0.25) is 0 Å². The molecule has 0 unspecified atom stereocenters. The summed E-state index contributed by atoms with van der Waals surface area (Å²) in [6.45, 7) is 6.57. The van der Waals surface area contributed by atoms with Gasteiger partial charge in [0.1, 0.15) is 5.75 Å². The molecule has 0 aliphatic heterocycles. The van der Waals surface area contributed by atoms with Crippen LogP contribution in [0.25, 0.3) is 0 Å². The van der Waals surface area contributed by atoms with Crippen LogP contribution in [0.3, 0.4) is 0 Å². The van der Waals surface area contributed by atoms with E-state index in [2.05, 4.69) is 17.2 Å². The number of hydrogen-bond donors (Lipinski definition) is 1. The first-order chi connectivity index (χ1) is 9.88. The van der Waals surface area contributed by atoms with Crippen molar-refractivity contribution in [3.8, 4) is 5.75 Å². The molecule has 0 saturated heterocycles. The van der Waals surface area contributed by atoms with Gasteiger partial charge in [0.05, 0.1) is 26.0 Å². The molecule has 0 aliphatic rings. The molecular formula is C15H26N2O3. The van der Waals surface area contributed by atoms with E-state index in [0.29, 0.717) is 26.4 Å². The lowest BCUT2D eigenvalue weighted by atomic mass is 10.2. The summed E-state index contributed by atoms with van der Waals surface area (Å²) < 4.78 is 16.1. The second-order valence-corrected chi connectivity index (χ2v) is 4.47. The normalized spacial score (nSPS) is 10.7. The Morgan fingerprint density at radius 3 is 2.90 bits per heavy atom. The molecule has 0 spiro atoms. The molecule has 1 heterocycles. The van der Waals surface area contributed by atoms with E-state index >= 15 is 0 Å². The number of hydrogen-bond acceptors (Lipinski definition) is 5. The van der Waals surface area contributed by atoms with Gasteiger partial charge in [-0.1, -0.05) is 6.92 Å². The monoisotopic (exact) mass is 282 g/mol. The quantitative estimate of drug-likeness (QED) is 0.594. The van der Waals surface area contributed by atoms with Crippen LogP contribution in [0.1, 0.15) is 25.3 Å². The fourth-order valence-electron chi connectivity index (χ4n) is 1.67. The van der Waals surface area contributed by atoms with Gasteiger partial charge in [-0.25, -0.2) is 0 Å². The molecule has 1 rings (SSSR count). The van der Waals surface area contributed by atoms with E-state index in [0.717, 1.165) is 37.2 Å². The SMILES string of the molecule is CCCNCc1ccncc1OCCCOCCOC. The number of pyridine rings is 1. The first kappa shape index (κ1) is 16.9. The predicted octanol–water partition coefficient (Wildman–Crippen LogP) is 2.01. The van der Waals surface area contributed by atoms with E-state index in [1.165, 1.54) is 0 Å². The molecule has 0 aliphatic carbocycles. The van der Waals surface area contributed by atoms with Gasteiger partial charge >= 0.3 is 0 Å². The first-order valence-corrected chi connectivity index (χ1v) is 7.21. The standard InChI is InChI=1S/C15H26N2O3/c1-3-6-16-12-14-5-7-17-13-15(14)20-9-4-8-19-11-10-18-2/h5,7,13,16H,3-4,6,8-12H2,1-2H3. The Hall–Kier alpha value is -1.17. The molecular weight excluding hydrogens is 256 g/mol. The Morgan fingerprint density at radius 1 is 1.20 bits per heavy atom. The van der Waals surface area contributed by atoms with Gasteiger partial charge in [-0.3, -0.25) is 4.98 Å². The van der Waals surface area contributed by atoms with Crippen molar-refractivity contribution >= 4 is 0 Å². The Bertz CT molecular complexity index is 348. The summed E-state index contributed by atoms with van der Waals surface area (Å²) in [4.78, 5) is 4.11. The third-order valence-electron chi connectivity index (χ3n) is 2.73. The lowest BCUT2D eigenvalue weighted by Gasteiger charge is -2.11. The van der Waals surface area contributed by atoms with Gasteiger partial charge in [-0.2, -0.15) is 0 Å². The topological polar surface area (TPSA) is 52.6 Å². The largest absolute Gasteiger partial charge is 0.492 e. The molecule has 1 aromatic heterocycles. The molecule has 0 bridgehead atoms. The van der Waals surface area contributed by atoms with Crippen LogP contribution in [0.15, 0.2) is 18.5 Å². The van der Waals surface area contributed by atoms with Crippen molar-refractivity contribution in [2.24, 2.45) is 0 Å². The van der Waals surface area contributed by atoms with Crippen LogP contribution in [0, 0.1) is 0 Å². The van der Waals surface area contributed by atoms with E-state index in [1.807, 2.05) is 6.07 Å².